The number of rotatable bonds is 4. The maximum Gasteiger partial charge on any atom is 0.0233 e. The first-order valence-corrected chi connectivity index (χ1v) is 7.95. The fourth-order valence-corrected chi connectivity index (χ4v) is 2.75. The molecule has 0 unspecified atom stereocenters. The second-order valence-electron chi connectivity index (χ2n) is 7.34. The van der Waals surface area contributed by atoms with E-state index in [9.17, 15) is 0 Å². The van der Waals surface area contributed by atoms with Crippen molar-refractivity contribution < 1.29 is 0 Å². The van der Waals surface area contributed by atoms with Gasteiger partial charge >= 0.3 is 0 Å². The zero-order valence-corrected chi connectivity index (χ0v) is 13.6. The number of nitrogens with zero attached hydrogens (tertiary/aromatic N) is 1. The third-order valence-corrected chi connectivity index (χ3v) is 4.16. The molecule has 0 radical (unpaired) electrons. The maximum atomic E-state index is 3.64. The van der Waals surface area contributed by atoms with Crippen molar-refractivity contribution in [2.24, 2.45) is 5.92 Å². The molecule has 20 heavy (non-hydrogen) atoms. The number of benzene rings is 1. The highest BCUT2D eigenvalue weighted by molar-refractivity contribution is 5.21. The summed E-state index contributed by atoms with van der Waals surface area (Å²) in [5.41, 5.74) is 3.04. The molecule has 1 N–H and O–H groups in total. The van der Waals surface area contributed by atoms with Crippen molar-refractivity contribution in [3.8, 4) is 0 Å². The fraction of sp³-hybridized carbons (Fsp3) is 0.667. The largest absolute Gasteiger partial charge is 0.312 e. The molecule has 0 aromatic heterocycles. The van der Waals surface area contributed by atoms with Gasteiger partial charge in [0.15, 0.2) is 0 Å². The van der Waals surface area contributed by atoms with Gasteiger partial charge in [-0.2, -0.15) is 0 Å². The second kappa shape index (κ2) is 6.73. The monoisotopic (exact) mass is 274 g/mol. The van der Waals surface area contributed by atoms with Crippen LogP contribution in [-0.4, -0.2) is 30.1 Å². The summed E-state index contributed by atoms with van der Waals surface area (Å²) in [5, 5.41) is 3.64. The third-order valence-electron chi connectivity index (χ3n) is 4.16. The third kappa shape index (κ3) is 5.26. The molecule has 1 saturated heterocycles. The van der Waals surface area contributed by atoms with Crippen molar-refractivity contribution in [1.82, 2.24) is 10.2 Å². The predicted molar refractivity (Wildman–Crippen MR) is 86.9 cm³/mol. The van der Waals surface area contributed by atoms with Gasteiger partial charge in [-0.05, 0) is 71.7 Å². The Morgan fingerprint density at radius 2 is 1.70 bits per heavy atom. The van der Waals surface area contributed by atoms with Gasteiger partial charge in [0.05, 0.1) is 0 Å². The number of aryl methyl sites for hydroxylation is 1. The van der Waals surface area contributed by atoms with Gasteiger partial charge in [0.1, 0.15) is 0 Å². The molecule has 2 heteroatoms. The van der Waals surface area contributed by atoms with E-state index >= 15 is 0 Å². The molecule has 2 nitrogen and oxygen atoms in total. The van der Waals surface area contributed by atoms with Gasteiger partial charge in [-0.1, -0.05) is 29.8 Å². The molecule has 0 atom stereocenters. The van der Waals surface area contributed by atoms with Crippen LogP contribution in [0.3, 0.4) is 0 Å². The molecule has 112 valence electrons. The molecule has 0 bridgehead atoms. The first-order valence-electron chi connectivity index (χ1n) is 7.95. The normalized spacial score (nSPS) is 18.4. The Balaban J connectivity index is 1.73. The van der Waals surface area contributed by atoms with E-state index in [1.165, 1.54) is 43.6 Å². The minimum absolute atomic E-state index is 0.249. The van der Waals surface area contributed by atoms with Crippen molar-refractivity contribution >= 4 is 0 Å². The number of likely N-dealkylation sites (tertiary alicyclic amines) is 1. The predicted octanol–water partition coefficient (Wildman–Crippen LogP) is 3.60. The van der Waals surface area contributed by atoms with Crippen LogP contribution in [0.2, 0.25) is 0 Å². The second-order valence-corrected chi connectivity index (χ2v) is 7.34. The average Bonchev–Trinajstić information content (AvgIpc) is 2.40. The van der Waals surface area contributed by atoms with Gasteiger partial charge in [0.25, 0.3) is 0 Å². The lowest BCUT2D eigenvalue weighted by Gasteiger charge is -2.33. The van der Waals surface area contributed by atoms with Crippen molar-refractivity contribution in [1.29, 1.82) is 0 Å². The van der Waals surface area contributed by atoms with Crippen LogP contribution < -0.4 is 5.32 Å². The van der Waals surface area contributed by atoms with Crippen LogP contribution in [0.15, 0.2) is 24.3 Å². The van der Waals surface area contributed by atoms with Crippen molar-refractivity contribution in [3.63, 3.8) is 0 Å². The molecule has 0 amide bonds. The van der Waals surface area contributed by atoms with Gasteiger partial charge in [0.2, 0.25) is 0 Å². The Morgan fingerprint density at radius 1 is 1.10 bits per heavy atom. The van der Waals surface area contributed by atoms with E-state index in [-0.39, 0.29) is 5.54 Å². The van der Waals surface area contributed by atoms with Crippen LogP contribution >= 0.6 is 0 Å². The molecule has 0 spiro atoms. The van der Waals surface area contributed by atoms with Gasteiger partial charge in [0, 0.05) is 12.1 Å². The van der Waals surface area contributed by atoms with Gasteiger partial charge in [-0.25, -0.2) is 0 Å². The Labute approximate surface area is 124 Å². The van der Waals surface area contributed by atoms with Crippen LogP contribution in [0, 0.1) is 12.8 Å². The zero-order valence-electron chi connectivity index (χ0n) is 13.6. The SMILES string of the molecule is Cc1ccc(CN2CCC(CNC(C)(C)C)CC2)cc1. The summed E-state index contributed by atoms with van der Waals surface area (Å²) < 4.78 is 0. The van der Waals surface area contributed by atoms with E-state index in [2.05, 4.69) is 62.2 Å². The molecule has 1 aliphatic heterocycles. The summed E-state index contributed by atoms with van der Waals surface area (Å²) in [6.45, 7) is 13.7. The number of hydrogen-bond acceptors (Lipinski definition) is 2. The first kappa shape index (κ1) is 15.5. The van der Waals surface area contributed by atoms with E-state index in [4.69, 9.17) is 0 Å². The number of piperidine rings is 1. The molecule has 0 saturated carbocycles. The minimum Gasteiger partial charge on any atom is -0.312 e. The smallest absolute Gasteiger partial charge is 0.0233 e. The molecule has 1 fully saturated rings. The van der Waals surface area contributed by atoms with E-state index in [0.29, 0.717) is 0 Å². The molecule has 0 aliphatic carbocycles. The van der Waals surface area contributed by atoms with E-state index < -0.39 is 0 Å². The van der Waals surface area contributed by atoms with Gasteiger partial charge in [-0.3, -0.25) is 4.90 Å². The Hall–Kier alpha value is -0.860. The number of nitrogens with one attached hydrogen (secondary N) is 1. The van der Waals surface area contributed by atoms with Gasteiger partial charge in [-0.15, -0.1) is 0 Å². The Kier molecular flexibility index (Phi) is 5.22. The Bertz CT molecular complexity index is 394. The summed E-state index contributed by atoms with van der Waals surface area (Å²) in [7, 11) is 0. The average molecular weight is 274 g/mol. The van der Waals surface area contributed by atoms with Crippen LogP contribution in [-0.2, 0) is 6.54 Å². The fourth-order valence-electron chi connectivity index (χ4n) is 2.75. The molecular formula is C18H30N2. The molecule has 1 aromatic rings. The highest BCUT2D eigenvalue weighted by atomic mass is 15.1. The van der Waals surface area contributed by atoms with E-state index in [1.807, 2.05) is 0 Å². The summed E-state index contributed by atoms with van der Waals surface area (Å²) >= 11 is 0. The van der Waals surface area contributed by atoms with Crippen LogP contribution in [0.5, 0.6) is 0 Å². The molecular weight excluding hydrogens is 244 g/mol. The summed E-state index contributed by atoms with van der Waals surface area (Å²) in [5.74, 6) is 0.850. The molecule has 1 aromatic carbocycles. The summed E-state index contributed by atoms with van der Waals surface area (Å²) in [6, 6.07) is 8.97. The quantitative estimate of drug-likeness (QED) is 0.902. The number of hydrogen-bond donors (Lipinski definition) is 1. The molecule has 1 heterocycles. The van der Waals surface area contributed by atoms with Gasteiger partial charge < -0.3 is 5.32 Å². The highest BCUT2D eigenvalue weighted by Crippen LogP contribution is 2.19. The lowest BCUT2D eigenvalue weighted by atomic mass is 9.95. The summed E-state index contributed by atoms with van der Waals surface area (Å²) in [6.07, 6.45) is 2.66. The van der Waals surface area contributed by atoms with E-state index in [1.54, 1.807) is 0 Å². The minimum atomic E-state index is 0.249. The molecule has 1 aliphatic rings. The lowest BCUT2D eigenvalue weighted by molar-refractivity contribution is 0.170. The van der Waals surface area contributed by atoms with E-state index in [0.717, 1.165) is 12.5 Å². The van der Waals surface area contributed by atoms with Crippen LogP contribution in [0.25, 0.3) is 0 Å². The van der Waals surface area contributed by atoms with Crippen LogP contribution in [0.4, 0.5) is 0 Å². The Morgan fingerprint density at radius 3 is 2.25 bits per heavy atom. The zero-order chi connectivity index (χ0) is 14.6. The van der Waals surface area contributed by atoms with Crippen molar-refractivity contribution in [3.05, 3.63) is 35.4 Å². The lowest BCUT2D eigenvalue weighted by Crippen LogP contribution is -2.42. The first-order chi connectivity index (χ1) is 9.42. The summed E-state index contributed by atoms with van der Waals surface area (Å²) in [4.78, 5) is 2.60. The topological polar surface area (TPSA) is 15.3 Å². The van der Waals surface area contributed by atoms with Crippen molar-refractivity contribution in [2.75, 3.05) is 19.6 Å². The van der Waals surface area contributed by atoms with Crippen LogP contribution in [0.1, 0.15) is 44.7 Å². The molecule has 2 rings (SSSR count). The highest BCUT2D eigenvalue weighted by Gasteiger charge is 2.20. The standard InChI is InChI=1S/C18H30N2/c1-15-5-7-17(8-6-15)14-20-11-9-16(10-12-20)13-19-18(2,3)4/h5-8,16,19H,9-14H2,1-4H3. The van der Waals surface area contributed by atoms with Crippen molar-refractivity contribution in [2.45, 2.75) is 52.6 Å². The maximum absolute atomic E-state index is 3.64.